The van der Waals surface area contributed by atoms with E-state index in [-0.39, 0.29) is 11.4 Å². The normalized spacial score (nSPS) is 18.4. The van der Waals surface area contributed by atoms with Crippen LogP contribution in [0.5, 0.6) is 0 Å². The van der Waals surface area contributed by atoms with E-state index in [0.717, 1.165) is 15.6 Å². The Balaban J connectivity index is 2.05. The van der Waals surface area contributed by atoms with Crippen molar-refractivity contribution in [2.24, 2.45) is 5.73 Å². The van der Waals surface area contributed by atoms with Gasteiger partial charge in [-0.1, -0.05) is 40.2 Å². The Morgan fingerprint density at radius 3 is 2.30 bits per heavy atom. The van der Waals surface area contributed by atoms with E-state index in [9.17, 15) is 13.2 Å². The van der Waals surface area contributed by atoms with Crippen molar-refractivity contribution < 1.29 is 13.2 Å². The lowest BCUT2D eigenvalue weighted by Crippen LogP contribution is -2.50. The average Bonchev–Trinajstić information content (AvgIpc) is 2.54. The molecule has 3 rings (SSSR count). The molecule has 2 N–H and O–H groups in total. The van der Waals surface area contributed by atoms with Gasteiger partial charge in [0.05, 0.1) is 4.90 Å². The van der Waals surface area contributed by atoms with E-state index in [1.54, 1.807) is 12.1 Å². The van der Waals surface area contributed by atoms with Gasteiger partial charge in [-0.15, -0.1) is 0 Å². The van der Waals surface area contributed by atoms with Crippen LogP contribution in [0.2, 0.25) is 0 Å². The molecular weight excluding hydrogens is 380 g/mol. The van der Waals surface area contributed by atoms with E-state index >= 15 is 0 Å². The molecule has 0 fully saturated rings. The summed E-state index contributed by atoms with van der Waals surface area (Å²) in [5, 5.41) is 0. The standard InChI is InChI=1S/C16H15BrN2O3S/c17-13-5-7-14(8-6-13)23(21,22)19-10-12-4-2-1-3-11(12)9-15(19)16(18)20/h1-8,15H,9-10H2,(H2,18,20)/t15-/m0/s1. The van der Waals surface area contributed by atoms with Crippen molar-refractivity contribution in [3.05, 3.63) is 64.1 Å². The maximum atomic E-state index is 12.9. The van der Waals surface area contributed by atoms with Crippen molar-refractivity contribution in [1.82, 2.24) is 4.31 Å². The fraction of sp³-hybridized carbons (Fsp3) is 0.188. The lowest BCUT2D eigenvalue weighted by atomic mass is 9.96. The Labute approximate surface area is 143 Å². The summed E-state index contributed by atoms with van der Waals surface area (Å²) in [6.45, 7) is 0.141. The number of sulfonamides is 1. The predicted molar refractivity (Wildman–Crippen MR) is 90.0 cm³/mol. The molecule has 0 bridgehead atoms. The van der Waals surface area contributed by atoms with E-state index < -0.39 is 22.0 Å². The smallest absolute Gasteiger partial charge is 0.244 e. The molecule has 0 aromatic heterocycles. The third kappa shape index (κ3) is 3.04. The minimum Gasteiger partial charge on any atom is -0.368 e. The summed E-state index contributed by atoms with van der Waals surface area (Å²) in [4.78, 5) is 12.0. The van der Waals surface area contributed by atoms with Gasteiger partial charge in [-0.2, -0.15) is 4.31 Å². The summed E-state index contributed by atoms with van der Waals surface area (Å²) in [6.07, 6.45) is 0.293. The van der Waals surface area contributed by atoms with Crippen molar-refractivity contribution in [3.8, 4) is 0 Å². The van der Waals surface area contributed by atoms with Crippen LogP contribution in [0.4, 0.5) is 0 Å². The number of benzene rings is 2. The first kappa shape index (κ1) is 16.2. The van der Waals surface area contributed by atoms with Crippen LogP contribution in [0.25, 0.3) is 0 Å². The molecule has 0 aliphatic carbocycles. The highest BCUT2D eigenvalue weighted by Gasteiger charge is 2.38. The first-order valence-corrected chi connectivity index (χ1v) is 9.26. The highest BCUT2D eigenvalue weighted by molar-refractivity contribution is 9.10. The molecule has 0 radical (unpaired) electrons. The second-order valence-electron chi connectivity index (χ2n) is 5.40. The minimum atomic E-state index is -3.80. The molecule has 120 valence electrons. The molecule has 0 saturated heterocycles. The van der Waals surface area contributed by atoms with Crippen molar-refractivity contribution in [1.29, 1.82) is 0 Å². The second-order valence-corrected chi connectivity index (χ2v) is 8.20. The van der Waals surface area contributed by atoms with Crippen LogP contribution < -0.4 is 5.73 Å². The molecule has 0 spiro atoms. The average molecular weight is 395 g/mol. The number of carbonyl (C=O) groups excluding carboxylic acids is 1. The number of amides is 1. The van der Waals surface area contributed by atoms with Crippen LogP contribution in [0.3, 0.4) is 0 Å². The summed E-state index contributed by atoms with van der Waals surface area (Å²) in [5.74, 6) is -0.639. The van der Waals surface area contributed by atoms with Gasteiger partial charge in [0.25, 0.3) is 0 Å². The van der Waals surface area contributed by atoms with Gasteiger partial charge in [-0.05, 0) is 41.8 Å². The van der Waals surface area contributed by atoms with Gasteiger partial charge in [-0.25, -0.2) is 8.42 Å². The Morgan fingerprint density at radius 1 is 1.09 bits per heavy atom. The van der Waals surface area contributed by atoms with E-state index in [2.05, 4.69) is 15.9 Å². The molecule has 1 aliphatic heterocycles. The molecule has 0 saturated carbocycles. The first-order chi connectivity index (χ1) is 10.9. The van der Waals surface area contributed by atoms with Crippen LogP contribution >= 0.6 is 15.9 Å². The zero-order valence-corrected chi connectivity index (χ0v) is 14.5. The zero-order chi connectivity index (χ0) is 16.6. The topological polar surface area (TPSA) is 80.5 Å². The van der Waals surface area contributed by atoms with Gasteiger partial charge in [0.15, 0.2) is 0 Å². The van der Waals surface area contributed by atoms with Crippen molar-refractivity contribution in [2.75, 3.05) is 0 Å². The molecule has 5 nitrogen and oxygen atoms in total. The van der Waals surface area contributed by atoms with Gasteiger partial charge in [0.2, 0.25) is 15.9 Å². The minimum absolute atomic E-state index is 0.141. The van der Waals surface area contributed by atoms with Gasteiger partial charge >= 0.3 is 0 Å². The first-order valence-electron chi connectivity index (χ1n) is 7.03. The largest absolute Gasteiger partial charge is 0.368 e. The summed E-state index contributed by atoms with van der Waals surface area (Å²) in [5.41, 5.74) is 7.31. The maximum absolute atomic E-state index is 12.9. The Hall–Kier alpha value is -1.70. The Kier molecular flexibility index (Phi) is 4.27. The lowest BCUT2D eigenvalue weighted by Gasteiger charge is -2.34. The van der Waals surface area contributed by atoms with E-state index in [0.29, 0.717) is 6.42 Å². The van der Waals surface area contributed by atoms with Crippen LogP contribution in [0.15, 0.2) is 57.9 Å². The number of hydrogen-bond acceptors (Lipinski definition) is 3. The van der Waals surface area contributed by atoms with Crippen molar-refractivity contribution in [3.63, 3.8) is 0 Å². The molecule has 0 unspecified atom stereocenters. The van der Waals surface area contributed by atoms with Crippen molar-refractivity contribution in [2.45, 2.75) is 23.9 Å². The Morgan fingerprint density at radius 2 is 1.70 bits per heavy atom. The van der Waals surface area contributed by atoms with Gasteiger partial charge < -0.3 is 5.73 Å². The number of nitrogens with two attached hydrogens (primary N) is 1. The highest BCUT2D eigenvalue weighted by Crippen LogP contribution is 2.29. The van der Waals surface area contributed by atoms with Gasteiger partial charge in [0.1, 0.15) is 6.04 Å². The third-order valence-electron chi connectivity index (χ3n) is 3.95. The fourth-order valence-electron chi connectivity index (χ4n) is 2.74. The quantitative estimate of drug-likeness (QED) is 0.864. The molecular formula is C16H15BrN2O3S. The monoisotopic (exact) mass is 394 g/mol. The lowest BCUT2D eigenvalue weighted by molar-refractivity contribution is -0.122. The summed E-state index contributed by atoms with van der Waals surface area (Å²) < 4.78 is 27.8. The number of hydrogen-bond donors (Lipinski definition) is 1. The summed E-state index contributed by atoms with van der Waals surface area (Å²) in [6, 6.07) is 13.0. The molecule has 23 heavy (non-hydrogen) atoms. The zero-order valence-electron chi connectivity index (χ0n) is 12.1. The summed E-state index contributed by atoms with van der Waals surface area (Å²) in [7, 11) is -3.80. The molecule has 7 heteroatoms. The number of fused-ring (bicyclic) bond motifs is 1. The van der Waals surface area contributed by atoms with Crippen LogP contribution in [0, 0.1) is 0 Å². The van der Waals surface area contributed by atoms with Gasteiger partial charge in [0, 0.05) is 11.0 Å². The van der Waals surface area contributed by atoms with Crippen molar-refractivity contribution >= 4 is 31.9 Å². The number of rotatable bonds is 3. The number of carbonyl (C=O) groups is 1. The van der Waals surface area contributed by atoms with Gasteiger partial charge in [-0.3, -0.25) is 4.79 Å². The van der Waals surface area contributed by atoms with E-state index in [1.165, 1.54) is 16.4 Å². The molecule has 1 amide bonds. The number of halogens is 1. The molecule has 1 atom stereocenters. The third-order valence-corrected chi connectivity index (χ3v) is 6.35. The number of primary amides is 1. The molecule has 2 aromatic rings. The SMILES string of the molecule is NC(=O)[C@@H]1Cc2ccccc2CN1S(=O)(=O)c1ccc(Br)cc1. The van der Waals surface area contributed by atoms with Crippen LogP contribution in [-0.2, 0) is 27.8 Å². The Bertz CT molecular complexity index is 850. The highest BCUT2D eigenvalue weighted by atomic mass is 79.9. The number of nitrogens with zero attached hydrogens (tertiary/aromatic N) is 1. The predicted octanol–water partition coefficient (Wildman–Crippen LogP) is 2.05. The second kappa shape index (κ2) is 6.07. The molecule has 1 aliphatic rings. The summed E-state index contributed by atoms with van der Waals surface area (Å²) >= 11 is 3.28. The van der Waals surface area contributed by atoms with Crippen LogP contribution in [-0.4, -0.2) is 24.7 Å². The molecule has 1 heterocycles. The van der Waals surface area contributed by atoms with E-state index in [4.69, 9.17) is 5.73 Å². The van der Waals surface area contributed by atoms with Crippen LogP contribution in [0.1, 0.15) is 11.1 Å². The van der Waals surface area contributed by atoms with E-state index in [1.807, 2.05) is 24.3 Å². The molecule has 2 aromatic carbocycles. The maximum Gasteiger partial charge on any atom is 0.244 e. The fourth-order valence-corrected chi connectivity index (χ4v) is 4.57.